The fourth-order valence-electron chi connectivity index (χ4n) is 0.894. The Morgan fingerprint density at radius 1 is 1.47 bits per heavy atom. The molecule has 0 fully saturated rings. The number of amides is 1. The zero-order valence-electron chi connectivity index (χ0n) is 7.88. The van der Waals surface area contributed by atoms with Crippen molar-refractivity contribution in [3.05, 3.63) is 35.9 Å². The summed E-state index contributed by atoms with van der Waals surface area (Å²) in [6.45, 7) is -0.335. The topological polar surface area (TPSA) is 88.5 Å². The molecule has 0 saturated carbocycles. The number of oxime groups is 1. The van der Waals surface area contributed by atoms with Crippen LogP contribution in [0, 0.1) is 11.3 Å². The molecule has 1 aromatic carbocycles. The molecule has 5 nitrogen and oxygen atoms in total. The fraction of sp³-hybridized carbons (Fsp3) is 0.100. The first-order valence-electron chi connectivity index (χ1n) is 4.18. The summed E-state index contributed by atoms with van der Waals surface area (Å²) in [5, 5.41) is 12.3. The summed E-state index contributed by atoms with van der Waals surface area (Å²) >= 11 is 0. The predicted molar refractivity (Wildman–Crippen MR) is 53.7 cm³/mol. The normalized spacial score (nSPS) is 10.5. The molecule has 1 amide bonds. The average molecular weight is 203 g/mol. The third kappa shape index (κ3) is 3.48. The summed E-state index contributed by atoms with van der Waals surface area (Å²) in [6, 6.07) is 10.7. The second-order valence-corrected chi connectivity index (χ2v) is 2.66. The highest BCUT2D eigenvalue weighted by Crippen LogP contribution is 2.00. The van der Waals surface area contributed by atoms with Crippen LogP contribution in [0.1, 0.15) is 5.56 Å². The zero-order chi connectivity index (χ0) is 11.1. The minimum absolute atomic E-state index is 0.108. The maximum Gasteiger partial charge on any atom is 0.258 e. The molecule has 0 aliphatic heterocycles. The molecule has 0 radical (unpaired) electrons. The van der Waals surface area contributed by atoms with Crippen LogP contribution in [0.25, 0.3) is 0 Å². The van der Waals surface area contributed by atoms with Gasteiger partial charge in [-0.25, -0.2) is 0 Å². The monoisotopic (exact) mass is 203 g/mol. The van der Waals surface area contributed by atoms with Crippen molar-refractivity contribution in [2.24, 2.45) is 10.9 Å². The smallest absolute Gasteiger partial charge is 0.258 e. The van der Waals surface area contributed by atoms with Gasteiger partial charge in [-0.05, 0) is 0 Å². The van der Waals surface area contributed by atoms with Gasteiger partial charge in [-0.2, -0.15) is 5.26 Å². The van der Waals surface area contributed by atoms with Crippen LogP contribution in [-0.4, -0.2) is 18.2 Å². The second-order valence-electron chi connectivity index (χ2n) is 2.66. The number of rotatable bonds is 4. The van der Waals surface area contributed by atoms with E-state index in [0.29, 0.717) is 5.56 Å². The lowest BCUT2D eigenvalue weighted by atomic mass is 10.1. The van der Waals surface area contributed by atoms with Crippen molar-refractivity contribution in [2.45, 2.75) is 0 Å². The van der Waals surface area contributed by atoms with E-state index >= 15 is 0 Å². The van der Waals surface area contributed by atoms with Gasteiger partial charge < -0.3 is 10.6 Å². The Morgan fingerprint density at radius 2 is 2.13 bits per heavy atom. The van der Waals surface area contributed by atoms with Gasteiger partial charge in [-0.1, -0.05) is 35.5 Å². The van der Waals surface area contributed by atoms with Crippen molar-refractivity contribution >= 4 is 11.6 Å². The maximum atomic E-state index is 10.4. The molecule has 0 saturated heterocycles. The Bertz CT molecular complexity index is 406. The van der Waals surface area contributed by atoms with Crippen molar-refractivity contribution < 1.29 is 9.63 Å². The second kappa shape index (κ2) is 5.40. The number of carbonyl (C=O) groups excluding carboxylic acids is 1. The molecule has 2 N–H and O–H groups in total. The van der Waals surface area contributed by atoms with E-state index in [1.54, 1.807) is 24.3 Å². The zero-order valence-corrected chi connectivity index (χ0v) is 7.88. The summed E-state index contributed by atoms with van der Waals surface area (Å²) in [5.41, 5.74) is 5.58. The number of primary amides is 1. The standard InChI is InChI=1S/C10H9N3O2/c11-6-9(13-15-7-10(12)14)8-4-2-1-3-5-8/h1-5H,7H2,(H2,12,14)/b13-9+. The molecule has 0 aliphatic carbocycles. The highest BCUT2D eigenvalue weighted by molar-refractivity contribution is 6.11. The number of nitrogens with zero attached hydrogens (tertiary/aromatic N) is 2. The molecule has 0 heterocycles. The van der Waals surface area contributed by atoms with E-state index in [0.717, 1.165) is 0 Å². The molecule has 0 aliphatic rings. The van der Waals surface area contributed by atoms with Gasteiger partial charge in [0.15, 0.2) is 12.3 Å². The lowest BCUT2D eigenvalue weighted by Gasteiger charge is -1.97. The number of hydrogen-bond donors (Lipinski definition) is 1. The summed E-state index contributed by atoms with van der Waals surface area (Å²) in [5.74, 6) is -0.635. The molecular weight excluding hydrogens is 194 g/mol. The van der Waals surface area contributed by atoms with E-state index in [1.165, 1.54) is 0 Å². The Labute approximate surface area is 86.7 Å². The minimum Gasteiger partial charge on any atom is -0.385 e. The molecule has 0 bridgehead atoms. The SMILES string of the molecule is N#C/C(=N\OCC(N)=O)c1ccccc1. The molecule has 1 aromatic rings. The molecule has 1 rings (SSSR count). The van der Waals surface area contributed by atoms with Crippen molar-refractivity contribution in [3.63, 3.8) is 0 Å². The summed E-state index contributed by atoms with van der Waals surface area (Å²) in [4.78, 5) is 14.9. The Morgan fingerprint density at radius 3 is 2.67 bits per heavy atom. The van der Waals surface area contributed by atoms with Crippen LogP contribution in [0.3, 0.4) is 0 Å². The van der Waals surface area contributed by atoms with Gasteiger partial charge in [0, 0.05) is 5.56 Å². The van der Waals surface area contributed by atoms with Crippen molar-refractivity contribution in [3.8, 4) is 6.07 Å². The molecule has 0 aromatic heterocycles. The van der Waals surface area contributed by atoms with E-state index in [1.807, 2.05) is 12.1 Å². The molecule has 5 heteroatoms. The Kier molecular flexibility index (Phi) is 3.86. The van der Waals surface area contributed by atoms with Gasteiger partial charge in [0.25, 0.3) is 5.91 Å². The van der Waals surface area contributed by atoms with Crippen LogP contribution in [0.4, 0.5) is 0 Å². The van der Waals surface area contributed by atoms with Crippen LogP contribution in [0.5, 0.6) is 0 Å². The van der Waals surface area contributed by atoms with Gasteiger partial charge in [0.1, 0.15) is 6.07 Å². The molecule has 0 spiro atoms. The summed E-state index contributed by atoms with van der Waals surface area (Å²) in [6.07, 6.45) is 0. The maximum absolute atomic E-state index is 10.4. The van der Waals surface area contributed by atoms with E-state index in [9.17, 15) is 4.79 Å². The Balaban J connectivity index is 2.73. The van der Waals surface area contributed by atoms with Crippen LogP contribution in [0.2, 0.25) is 0 Å². The first-order valence-corrected chi connectivity index (χ1v) is 4.18. The average Bonchev–Trinajstić information content (AvgIpc) is 2.25. The fourth-order valence-corrected chi connectivity index (χ4v) is 0.894. The third-order valence-corrected chi connectivity index (χ3v) is 1.52. The van der Waals surface area contributed by atoms with Crippen molar-refractivity contribution in [1.29, 1.82) is 5.26 Å². The summed E-state index contributed by atoms with van der Waals surface area (Å²) < 4.78 is 0. The van der Waals surface area contributed by atoms with E-state index < -0.39 is 5.91 Å². The number of nitriles is 1. The van der Waals surface area contributed by atoms with Crippen LogP contribution < -0.4 is 5.73 Å². The molecular formula is C10H9N3O2. The van der Waals surface area contributed by atoms with Gasteiger partial charge >= 0.3 is 0 Å². The third-order valence-electron chi connectivity index (χ3n) is 1.52. The van der Waals surface area contributed by atoms with Crippen LogP contribution in [-0.2, 0) is 9.63 Å². The van der Waals surface area contributed by atoms with E-state index in [4.69, 9.17) is 11.0 Å². The first-order chi connectivity index (χ1) is 7.24. The largest absolute Gasteiger partial charge is 0.385 e. The number of nitrogens with two attached hydrogens (primary N) is 1. The molecule has 76 valence electrons. The first kappa shape index (κ1) is 10.7. The van der Waals surface area contributed by atoms with Crippen LogP contribution in [0.15, 0.2) is 35.5 Å². The molecule has 15 heavy (non-hydrogen) atoms. The van der Waals surface area contributed by atoms with E-state index in [2.05, 4.69) is 9.99 Å². The highest BCUT2D eigenvalue weighted by Gasteiger charge is 2.02. The lowest BCUT2D eigenvalue weighted by molar-refractivity contribution is -0.122. The number of carbonyl (C=O) groups is 1. The quantitative estimate of drug-likeness (QED) is 0.568. The molecule has 0 unspecified atom stereocenters. The Hall–Kier alpha value is -2.35. The lowest BCUT2D eigenvalue weighted by Crippen LogP contribution is -2.17. The van der Waals surface area contributed by atoms with Gasteiger partial charge in [-0.15, -0.1) is 0 Å². The number of benzene rings is 1. The van der Waals surface area contributed by atoms with Gasteiger partial charge in [0.05, 0.1) is 0 Å². The predicted octanol–water partition coefficient (Wildman–Crippen LogP) is 0.416. The summed E-state index contributed by atoms with van der Waals surface area (Å²) in [7, 11) is 0. The number of hydrogen-bond acceptors (Lipinski definition) is 4. The highest BCUT2D eigenvalue weighted by atomic mass is 16.6. The van der Waals surface area contributed by atoms with Crippen molar-refractivity contribution in [2.75, 3.05) is 6.61 Å². The van der Waals surface area contributed by atoms with Crippen LogP contribution >= 0.6 is 0 Å². The minimum atomic E-state index is -0.635. The van der Waals surface area contributed by atoms with Gasteiger partial charge in [0.2, 0.25) is 0 Å². The van der Waals surface area contributed by atoms with Gasteiger partial charge in [-0.3, -0.25) is 4.79 Å². The van der Waals surface area contributed by atoms with E-state index in [-0.39, 0.29) is 12.3 Å². The van der Waals surface area contributed by atoms with Crippen molar-refractivity contribution in [1.82, 2.24) is 0 Å². The molecule has 0 atom stereocenters.